The Morgan fingerprint density at radius 1 is 0.853 bits per heavy atom. The molecule has 0 aliphatic rings. The summed E-state index contributed by atoms with van der Waals surface area (Å²) in [4.78, 5) is 29.0. The third-order valence-electron chi connectivity index (χ3n) is 6.00. The Bertz CT molecular complexity index is 1090. The summed E-state index contributed by atoms with van der Waals surface area (Å²) in [5, 5.41) is 3.08. The summed E-state index contributed by atoms with van der Waals surface area (Å²) in [7, 11) is 0. The first-order valence-corrected chi connectivity index (χ1v) is 12.0. The molecular weight excluding hydrogens is 420 g/mol. The molecule has 4 heteroatoms. The van der Waals surface area contributed by atoms with E-state index in [0.29, 0.717) is 25.4 Å². The number of benzene rings is 3. The Hall–Kier alpha value is -3.40. The van der Waals surface area contributed by atoms with E-state index >= 15 is 0 Å². The van der Waals surface area contributed by atoms with Gasteiger partial charge in [0.2, 0.25) is 11.8 Å². The summed E-state index contributed by atoms with van der Waals surface area (Å²) in [6, 6.07) is 25.4. The maximum atomic E-state index is 13.8. The fourth-order valence-corrected chi connectivity index (χ4v) is 4.05. The molecule has 0 aromatic heterocycles. The Morgan fingerprint density at radius 2 is 1.53 bits per heavy atom. The second-order valence-electron chi connectivity index (χ2n) is 9.46. The van der Waals surface area contributed by atoms with E-state index in [9.17, 15) is 9.59 Å². The molecule has 1 N–H and O–H groups in total. The highest BCUT2D eigenvalue weighted by Crippen LogP contribution is 2.19. The van der Waals surface area contributed by atoms with Crippen LogP contribution in [0.3, 0.4) is 0 Å². The summed E-state index contributed by atoms with van der Waals surface area (Å²) in [6.45, 7) is 9.18. The van der Waals surface area contributed by atoms with Crippen molar-refractivity contribution in [2.24, 2.45) is 5.92 Å². The van der Waals surface area contributed by atoms with Crippen molar-refractivity contribution in [1.82, 2.24) is 10.2 Å². The third-order valence-corrected chi connectivity index (χ3v) is 6.00. The monoisotopic (exact) mass is 456 g/mol. The fraction of sp³-hybridized carbons (Fsp3) is 0.333. The highest BCUT2D eigenvalue weighted by atomic mass is 16.2. The number of aryl methyl sites for hydroxylation is 2. The molecule has 1 atom stereocenters. The van der Waals surface area contributed by atoms with Gasteiger partial charge in [-0.15, -0.1) is 0 Å². The van der Waals surface area contributed by atoms with E-state index in [0.717, 1.165) is 27.8 Å². The highest BCUT2D eigenvalue weighted by molar-refractivity contribution is 5.88. The zero-order valence-electron chi connectivity index (χ0n) is 20.8. The van der Waals surface area contributed by atoms with E-state index in [1.165, 1.54) is 0 Å². The van der Waals surface area contributed by atoms with Crippen molar-refractivity contribution < 1.29 is 9.59 Å². The van der Waals surface area contributed by atoms with Crippen LogP contribution in [-0.2, 0) is 29.0 Å². The van der Waals surface area contributed by atoms with E-state index in [2.05, 4.69) is 19.2 Å². The molecular formula is C30H36N2O2. The minimum Gasteiger partial charge on any atom is -0.354 e. The van der Waals surface area contributed by atoms with Gasteiger partial charge in [0.1, 0.15) is 6.04 Å². The van der Waals surface area contributed by atoms with Crippen LogP contribution in [0.25, 0.3) is 0 Å². The van der Waals surface area contributed by atoms with E-state index < -0.39 is 6.04 Å². The van der Waals surface area contributed by atoms with Gasteiger partial charge in [0.05, 0.1) is 6.42 Å². The predicted octanol–water partition coefficient (Wildman–Crippen LogP) is 5.26. The first kappa shape index (κ1) is 25.2. The normalized spacial score (nSPS) is 11.8. The van der Waals surface area contributed by atoms with Crippen molar-refractivity contribution in [3.8, 4) is 0 Å². The van der Waals surface area contributed by atoms with Crippen molar-refractivity contribution in [2.75, 3.05) is 6.54 Å². The molecule has 4 nitrogen and oxygen atoms in total. The van der Waals surface area contributed by atoms with E-state index in [4.69, 9.17) is 0 Å². The van der Waals surface area contributed by atoms with Gasteiger partial charge in [0.15, 0.2) is 0 Å². The topological polar surface area (TPSA) is 49.4 Å². The van der Waals surface area contributed by atoms with Crippen LogP contribution in [-0.4, -0.2) is 29.3 Å². The predicted molar refractivity (Wildman–Crippen MR) is 138 cm³/mol. The molecule has 0 heterocycles. The van der Waals surface area contributed by atoms with Crippen LogP contribution in [0.15, 0.2) is 78.9 Å². The number of hydrogen-bond acceptors (Lipinski definition) is 2. The van der Waals surface area contributed by atoms with Gasteiger partial charge in [0.25, 0.3) is 0 Å². The molecule has 0 aliphatic heterocycles. The van der Waals surface area contributed by atoms with Gasteiger partial charge in [-0.2, -0.15) is 0 Å². The van der Waals surface area contributed by atoms with Gasteiger partial charge in [-0.25, -0.2) is 0 Å². The van der Waals surface area contributed by atoms with Crippen LogP contribution < -0.4 is 5.32 Å². The molecule has 0 saturated heterocycles. The number of nitrogens with one attached hydrogen (secondary N) is 1. The van der Waals surface area contributed by atoms with Crippen molar-refractivity contribution in [3.63, 3.8) is 0 Å². The van der Waals surface area contributed by atoms with Crippen molar-refractivity contribution in [1.29, 1.82) is 0 Å². The maximum absolute atomic E-state index is 13.8. The number of nitrogens with zero attached hydrogens (tertiary/aromatic N) is 1. The fourth-order valence-electron chi connectivity index (χ4n) is 4.05. The molecule has 0 bridgehead atoms. The first-order valence-electron chi connectivity index (χ1n) is 12.0. The highest BCUT2D eigenvalue weighted by Gasteiger charge is 2.30. The minimum absolute atomic E-state index is 0.0468. The number of rotatable bonds is 10. The lowest BCUT2D eigenvalue weighted by atomic mass is 10.00. The number of carbonyl (C=O) groups is 2. The molecule has 3 rings (SSSR count). The quantitative estimate of drug-likeness (QED) is 0.452. The molecule has 0 aliphatic carbocycles. The average molecular weight is 457 g/mol. The zero-order valence-corrected chi connectivity index (χ0v) is 20.8. The van der Waals surface area contributed by atoms with Crippen LogP contribution in [0.5, 0.6) is 0 Å². The molecule has 34 heavy (non-hydrogen) atoms. The molecule has 3 aromatic carbocycles. The lowest BCUT2D eigenvalue weighted by molar-refractivity contribution is -0.140. The molecule has 0 radical (unpaired) electrons. The number of hydrogen-bond donors (Lipinski definition) is 1. The second-order valence-corrected chi connectivity index (χ2v) is 9.46. The lowest BCUT2D eigenvalue weighted by Gasteiger charge is -2.32. The average Bonchev–Trinajstić information content (AvgIpc) is 2.81. The Morgan fingerprint density at radius 3 is 2.21 bits per heavy atom. The Balaban J connectivity index is 1.97. The lowest BCUT2D eigenvalue weighted by Crippen LogP contribution is -2.51. The van der Waals surface area contributed by atoms with Gasteiger partial charge in [-0.3, -0.25) is 9.59 Å². The van der Waals surface area contributed by atoms with Crippen LogP contribution in [0, 0.1) is 19.8 Å². The first-order chi connectivity index (χ1) is 16.3. The molecule has 3 aromatic rings. The smallest absolute Gasteiger partial charge is 0.243 e. The van der Waals surface area contributed by atoms with Crippen molar-refractivity contribution in [3.05, 3.63) is 107 Å². The molecule has 0 spiro atoms. The van der Waals surface area contributed by atoms with Crippen molar-refractivity contribution >= 4 is 11.8 Å². The summed E-state index contributed by atoms with van der Waals surface area (Å²) >= 11 is 0. The summed E-state index contributed by atoms with van der Waals surface area (Å²) in [5.74, 6) is 0.173. The van der Waals surface area contributed by atoms with Crippen LogP contribution >= 0.6 is 0 Å². The van der Waals surface area contributed by atoms with Gasteiger partial charge in [-0.05, 0) is 42.0 Å². The Labute approximate surface area is 204 Å². The maximum Gasteiger partial charge on any atom is 0.243 e. The molecule has 0 fully saturated rings. The van der Waals surface area contributed by atoms with Crippen molar-refractivity contribution in [2.45, 2.75) is 53.1 Å². The molecule has 2 amide bonds. The van der Waals surface area contributed by atoms with Crippen LogP contribution in [0.4, 0.5) is 0 Å². The standard InChI is InChI=1S/C30H36N2O2/c1-22(2)20-31-30(34)28(18-25-13-6-5-7-14-25)32(21-27-16-9-8-12-24(27)4)29(33)19-26-15-10-11-23(3)17-26/h5-17,22,28H,18-21H2,1-4H3,(H,31,34). The van der Waals surface area contributed by atoms with Gasteiger partial charge in [-0.1, -0.05) is 98.3 Å². The summed E-state index contributed by atoms with van der Waals surface area (Å²) in [5.41, 5.74) is 5.27. The van der Waals surface area contributed by atoms with Crippen LogP contribution in [0.1, 0.15) is 41.7 Å². The van der Waals surface area contributed by atoms with Gasteiger partial charge in [0, 0.05) is 19.5 Å². The van der Waals surface area contributed by atoms with E-state index in [-0.39, 0.29) is 18.2 Å². The van der Waals surface area contributed by atoms with E-state index in [1.54, 1.807) is 4.90 Å². The minimum atomic E-state index is -0.599. The van der Waals surface area contributed by atoms with Gasteiger partial charge < -0.3 is 10.2 Å². The Kier molecular flexibility index (Phi) is 9.03. The molecule has 0 saturated carbocycles. The zero-order chi connectivity index (χ0) is 24.5. The summed E-state index contributed by atoms with van der Waals surface area (Å²) < 4.78 is 0. The second kappa shape index (κ2) is 12.2. The van der Waals surface area contributed by atoms with E-state index in [1.807, 2.05) is 92.7 Å². The SMILES string of the molecule is Cc1cccc(CC(=O)N(Cc2ccccc2C)C(Cc2ccccc2)C(=O)NCC(C)C)c1. The molecule has 1 unspecified atom stereocenters. The number of carbonyl (C=O) groups excluding carboxylic acids is 2. The third kappa shape index (κ3) is 7.31. The summed E-state index contributed by atoms with van der Waals surface area (Å²) in [6.07, 6.45) is 0.729. The molecule has 178 valence electrons. The largest absolute Gasteiger partial charge is 0.354 e. The van der Waals surface area contributed by atoms with Gasteiger partial charge >= 0.3 is 0 Å². The number of amides is 2. The van der Waals surface area contributed by atoms with Crippen LogP contribution in [0.2, 0.25) is 0 Å².